The molecule has 4 atom stereocenters. The number of nitrogens with one attached hydrogen (secondary N) is 4. The molecule has 694 valence electrons. The molecule has 0 aliphatic carbocycles. The zero-order valence-electron chi connectivity index (χ0n) is 74.4. The van der Waals surface area contributed by atoms with E-state index in [0.717, 1.165) is 155 Å². The van der Waals surface area contributed by atoms with E-state index in [1.165, 1.54) is 47.5 Å². The van der Waals surface area contributed by atoms with Crippen LogP contribution in [0.3, 0.4) is 0 Å². The van der Waals surface area contributed by atoms with Crippen molar-refractivity contribution in [1.82, 2.24) is 60.5 Å². The summed E-state index contributed by atoms with van der Waals surface area (Å²) in [6.45, 7) is 19.6. The lowest BCUT2D eigenvalue weighted by Gasteiger charge is -2.29. The minimum absolute atomic E-state index is 0.197. The summed E-state index contributed by atoms with van der Waals surface area (Å²) >= 11 is 0. The van der Waals surface area contributed by atoms with Gasteiger partial charge in [-0.1, -0.05) is 109 Å². The summed E-state index contributed by atoms with van der Waals surface area (Å²) in [7, 11) is 0. The molecule has 32 nitrogen and oxygen atoms in total. The van der Waals surface area contributed by atoms with E-state index in [1.54, 1.807) is 63.2 Å². The van der Waals surface area contributed by atoms with E-state index in [9.17, 15) is 57.5 Å². The first kappa shape index (κ1) is 91.8. The molecule has 0 aromatic heterocycles. The van der Waals surface area contributed by atoms with Gasteiger partial charge in [-0.2, -0.15) is 0 Å². The maximum atomic E-state index is 13.0. The van der Waals surface area contributed by atoms with E-state index in [-0.39, 0.29) is 72.9 Å². The molecule has 4 unspecified atom stereocenters. The number of piperidine rings is 4. The summed E-state index contributed by atoms with van der Waals surface area (Å²) in [5, 5.41) is 9.34. The number of amides is 12. The molecule has 8 saturated heterocycles. The van der Waals surface area contributed by atoms with Gasteiger partial charge < -0.3 is 57.5 Å². The van der Waals surface area contributed by atoms with E-state index in [4.69, 9.17) is 37.9 Å². The predicted octanol–water partition coefficient (Wildman–Crippen LogP) is 8.08. The Balaban J connectivity index is 0.000000124. The highest BCUT2D eigenvalue weighted by Gasteiger charge is 2.45. The average molecular weight is 1810 g/mol. The number of morpholine rings is 3. The molecule has 12 aliphatic heterocycles. The fourth-order valence-electron chi connectivity index (χ4n) is 18.8. The third kappa shape index (κ3) is 22.5. The summed E-state index contributed by atoms with van der Waals surface area (Å²) in [6.07, 6.45) is 4.88. The topological polar surface area (TPSA) is 353 Å². The molecule has 0 radical (unpaired) electrons. The number of carbonyl (C=O) groups excluding carboxylic acids is 12. The normalized spacial score (nSPS) is 21.0. The van der Waals surface area contributed by atoms with Crippen molar-refractivity contribution in [2.75, 3.05) is 105 Å². The lowest BCUT2D eigenvalue weighted by molar-refractivity contribution is -0.138. The van der Waals surface area contributed by atoms with E-state index in [2.05, 4.69) is 89.4 Å². The van der Waals surface area contributed by atoms with E-state index < -0.39 is 47.8 Å². The van der Waals surface area contributed by atoms with Crippen molar-refractivity contribution in [2.45, 2.75) is 161 Å². The molecule has 8 fully saturated rings. The van der Waals surface area contributed by atoms with Gasteiger partial charge >= 0.3 is 0 Å². The van der Waals surface area contributed by atoms with Gasteiger partial charge in [0, 0.05) is 136 Å². The Kier molecular flexibility index (Phi) is 29.7. The number of fused-ring (bicyclic) bond motifs is 4. The molecular weight excluding hydrogens is 1700 g/mol. The molecule has 4 N–H and O–H groups in total. The summed E-state index contributed by atoms with van der Waals surface area (Å²) in [5.41, 5.74) is 13.3. The highest BCUT2D eigenvalue weighted by molar-refractivity contribution is 6.09. The number of likely N-dealkylation sites (tertiary alicyclic amines) is 1. The fraction of sp³-hybridized carbons (Fsp3) is 0.406. The van der Waals surface area contributed by atoms with Crippen LogP contribution in [0.2, 0.25) is 0 Å². The maximum Gasteiger partial charge on any atom is 0.255 e. The number of ether oxygens (including phenoxy) is 8. The number of rotatable bonds is 26. The van der Waals surface area contributed by atoms with Gasteiger partial charge in [0.1, 0.15) is 85.9 Å². The second-order valence-corrected chi connectivity index (χ2v) is 35.0. The number of imide groups is 4. The van der Waals surface area contributed by atoms with Gasteiger partial charge in [-0.05, 0) is 151 Å². The lowest BCUT2D eigenvalue weighted by atomic mass is 10.0. The van der Waals surface area contributed by atoms with Gasteiger partial charge in [0.15, 0.2) is 0 Å². The minimum atomic E-state index is -0.636. The van der Waals surface area contributed by atoms with Crippen LogP contribution in [0.25, 0.3) is 0 Å². The SMILES string of the molecule is O=C1CCC(N2Cc3c(OCc4ccc(CN5CCOCC5)cc4)cccc3C2=O)C(=O)N1.O=C1CCC(N2Cc3c(OCc4ccc(OCCN5CCCC5)cc4)cccc3C2=O)C(=O)N1.O=C1CCC(N2Cc3c(OCc4cccc(CN5CCOCC5)c4)cccc3C2=O)C(=O)N1.O=C1CCC(N2Cc3c(OCc4ccccc4CN4CCOCC4)cccc3C2=O)C(=O)N1. The molecule has 8 aromatic rings. The minimum Gasteiger partial charge on any atom is -0.492 e. The molecule has 0 bridgehead atoms. The predicted molar refractivity (Wildman–Crippen MR) is 483 cm³/mol. The number of hydrogen-bond donors (Lipinski definition) is 4. The molecule has 12 aliphatic rings. The zero-order chi connectivity index (χ0) is 91.9. The molecule has 0 spiro atoms. The van der Waals surface area contributed by atoms with Crippen molar-refractivity contribution in [2.24, 2.45) is 0 Å². The summed E-state index contributed by atoms with van der Waals surface area (Å²) in [6, 6.07) is 52.0. The standard InChI is InChI=1S/C26H29N3O5.3C25H27N3O5/c30-24-11-10-22(25(31)27-24)29-16-21-20(26(29)32)4-3-5-23(21)34-17-18-6-8-19(9-7-18)33-15-14-28-12-1-2-13-28;29-23-8-7-21(24(30)26-23)28-15-20-19(25(28)31)5-2-6-22(20)33-16-18-4-1-3-17(13-18)14-27-9-11-32-12-10-27;29-23-9-8-21(24(30)26-23)28-15-20-19(25(28)31)6-3-7-22(20)33-16-18-5-2-1-4-17(18)14-27-10-12-32-13-11-27;29-23-9-8-21(24(30)26-23)28-15-20-19(25(28)31)2-1-3-22(20)33-16-18-6-4-17(5-7-18)14-27-10-12-32-13-11-27/h3-9,22H,1-2,10-17H2,(H,27,30,31);1-6,13,21H,7-12,14-16H2,(H,26,29,30);2*1-7,21H,8-16H2,(H,26,29,30). The van der Waals surface area contributed by atoms with E-state index in [0.29, 0.717) is 130 Å². The first-order valence-corrected chi connectivity index (χ1v) is 46.0. The van der Waals surface area contributed by atoms with Crippen LogP contribution in [-0.4, -0.2) is 239 Å². The number of hydrogen-bond acceptors (Lipinski definition) is 24. The molecule has 12 heterocycles. The maximum absolute atomic E-state index is 13.0. The Morgan fingerprint density at radius 3 is 1.00 bits per heavy atom. The van der Waals surface area contributed by atoms with Gasteiger partial charge in [-0.3, -0.25) is 98.4 Å². The number of nitrogens with zero attached hydrogens (tertiary/aromatic N) is 8. The second-order valence-electron chi connectivity index (χ2n) is 35.0. The first-order chi connectivity index (χ1) is 64.8. The molecule has 20 rings (SSSR count). The largest absolute Gasteiger partial charge is 0.492 e. The van der Waals surface area contributed by atoms with Crippen molar-refractivity contribution in [1.29, 1.82) is 0 Å². The monoisotopic (exact) mass is 1810 g/mol. The Morgan fingerprint density at radius 2 is 0.617 bits per heavy atom. The molecule has 133 heavy (non-hydrogen) atoms. The van der Waals surface area contributed by atoms with Gasteiger partial charge in [-0.15, -0.1) is 0 Å². The van der Waals surface area contributed by atoms with Crippen LogP contribution in [0, 0.1) is 0 Å². The molecule has 0 saturated carbocycles. The Morgan fingerprint density at radius 1 is 0.293 bits per heavy atom. The highest BCUT2D eigenvalue weighted by Crippen LogP contribution is 2.40. The third-order valence-electron chi connectivity index (χ3n) is 26.2. The van der Waals surface area contributed by atoms with Crippen LogP contribution >= 0.6 is 0 Å². The third-order valence-corrected chi connectivity index (χ3v) is 26.2. The van der Waals surface area contributed by atoms with Crippen molar-refractivity contribution >= 4 is 70.9 Å². The summed E-state index contributed by atoms with van der Waals surface area (Å²) in [4.78, 5) is 163. The van der Waals surface area contributed by atoms with Crippen LogP contribution in [0.1, 0.15) is 167 Å². The van der Waals surface area contributed by atoms with Crippen molar-refractivity contribution in [3.8, 4) is 28.7 Å². The van der Waals surface area contributed by atoms with Crippen molar-refractivity contribution in [3.05, 3.63) is 253 Å². The molecular formula is C101H110N12O20. The average Bonchev–Trinajstić information content (AvgIpc) is 1.64. The van der Waals surface area contributed by atoms with Crippen LogP contribution in [0.4, 0.5) is 0 Å². The second kappa shape index (κ2) is 43.1. The molecule has 12 amide bonds. The van der Waals surface area contributed by atoms with Crippen LogP contribution in [-0.2, 0) is 125 Å². The fourth-order valence-corrected chi connectivity index (χ4v) is 18.8. The Labute approximate surface area is 770 Å². The quantitative estimate of drug-likeness (QED) is 0.0372. The summed E-state index contributed by atoms with van der Waals surface area (Å²) < 4.78 is 46.7. The van der Waals surface area contributed by atoms with E-state index in [1.807, 2.05) is 72.8 Å². The van der Waals surface area contributed by atoms with Crippen LogP contribution in [0.15, 0.2) is 170 Å². The summed E-state index contributed by atoms with van der Waals surface area (Å²) in [5.74, 6) is -0.190. The number of carbonyl (C=O) groups is 12. The Bertz CT molecular complexity index is 5670. The van der Waals surface area contributed by atoms with Crippen LogP contribution in [0.5, 0.6) is 28.7 Å². The van der Waals surface area contributed by atoms with Gasteiger partial charge in [0.05, 0.1) is 65.8 Å². The number of benzene rings is 8. The van der Waals surface area contributed by atoms with E-state index >= 15 is 0 Å². The molecule has 32 heteroatoms. The lowest BCUT2D eigenvalue weighted by Crippen LogP contribution is -2.52. The smallest absolute Gasteiger partial charge is 0.255 e. The van der Waals surface area contributed by atoms with Gasteiger partial charge in [0.2, 0.25) is 47.3 Å². The highest BCUT2D eigenvalue weighted by atomic mass is 16.5. The van der Waals surface area contributed by atoms with Crippen molar-refractivity contribution < 1.29 is 95.4 Å². The first-order valence-electron chi connectivity index (χ1n) is 46.0. The Hall–Kier alpha value is -13.1. The van der Waals surface area contributed by atoms with Crippen LogP contribution < -0.4 is 45.0 Å². The molecule has 8 aromatic carbocycles. The zero-order valence-corrected chi connectivity index (χ0v) is 74.4. The van der Waals surface area contributed by atoms with Crippen molar-refractivity contribution in [3.63, 3.8) is 0 Å². The van der Waals surface area contributed by atoms with Gasteiger partial charge in [-0.25, -0.2) is 0 Å². The van der Waals surface area contributed by atoms with Gasteiger partial charge in [0.25, 0.3) is 23.6 Å².